The van der Waals surface area contributed by atoms with Crippen molar-refractivity contribution in [2.75, 3.05) is 9.80 Å². The zero-order valence-corrected chi connectivity index (χ0v) is 34.2. The Morgan fingerprint density at radius 2 is 1.12 bits per heavy atom. The second kappa shape index (κ2) is 12.2. The van der Waals surface area contributed by atoms with Gasteiger partial charge in [-0.25, -0.2) is 0 Å². The van der Waals surface area contributed by atoms with Crippen LogP contribution >= 0.6 is 11.3 Å². The number of anilines is 6. The average molecular weight is 754 g/mol. The number of hydrogen-bond acceptors (Lipinski definition) is 3. The van der Waals surface area contributed by atoms with Crippen molar-refractivity contribution in [2.24, 2.45) is 0 Å². The number of nitrogens with zero attached hydrogens (tertiary/aromatic N) is 3. The van der Waals surface area contributed by atoms with Crippen molar-refractivity contribution in [3.05, 3.63) is 169 Å². The van der Waals surface area contributed by atoms with E-state index in [0.717, 1.165) is 17.1 Å². The highest BCUT2D eigenvalue weighted by Gasteiger charge is 2.43. The van der Waals surface area contributed by atoms with Gasteiger partial charge in [0.25, 0.3) is 6.71 Å². The molecule has 2 aliphatic rings. The maximum Gasteiger partial charge on any atom is 0.252 e. The van der Waals surface area contributed by atoms with E-state index in [1.54, 1.807) is 0 Å². The first kappa shape index (κ1) is 34.2. The molecule has 11 rings (SSSR count). The van der Waals surface area contributed by atoms with Crippen molar-refractivity contribution < 1.29 is 0 Å². The topological polar surface area (TPSA) is 11.4 Å². The fourth-order valence-electron chi connectivity index (χ4n) is 9.47. The first-order valence-electron chi connectivity index (χ1n) is 20.1. The minimum Gasteiger partial charge on any atom is -0.311 e. The van der Waals surface area contributed by atoms with Crippen LogP contribution in [0.15, 0.2) is 158 Å². The summed E-state index contributed by atoms with van der Waals surface area (Å²) in [5, 5.41) is 2.64. The zero-order chi connectivity index (χ0) is 38.8. The number of aromatic nitrogens is 1. The molecule has 9 aromatic rings. The summed E-state index contributed by atoms with van der Waals surface area (Å²) in [4.78, 5) is 5.02. The van der Waals surface area contributed by atoms with Gasteiger partial charge in [-0.05, 0) is 99.0 Å². The summed E-state index contributed by atoms with van der Waals surface area (Å²) in [6, 6.07) is 59.2. The van der Waals surface area contributed by atoms with Crippen LogP contribution in [0.2, 0.25) is 0 Å². The lowest BCUT2D eigenvalue weighted by Crippen LogP contribution is -2.60. The predicted molar refractivity (Wildman–Crippen MR) is 248 cm³/mol. The molecular weight excluding hydrogens is 709 g/mol. The average Bonchev–Trinajstić information content (AvgIpc) is 3.75. The van der Waals surface area contributed by atoms with Crippen LogP contribution in [0.5, 0.6) is 0 Å². The molecule has 0 unspecified atom stereocenters. The van der Waals surface area contributed by atoms with E-state index >= 15 is 0 Å². The molecule has 2 aromatic heterocycles. The van der Waals surface area contributed by atoms with Crippen LogP contribution in [-0.2, 0) is 10.8 Å². The highest BCUT2D eigenvalue weighted by atomic mass is 32.1. The van der Waals surface area contributed by atoms with Gasteiger partial charge in [-0.3, -0.25) is 0 Å². The summed E-state index contributed by atoms with van der Waals surface area (Å²) < 4.78 is 5.30. The van der Waals surface area contributed by atoms with Crippen LogP contribution in [0, 0.1) is 0 Å². The Bertz CT molecular complexity index is 3010. The van der Waals surface area contributed by atoms with E-state index in [4.69, 9.17) is 0 Å². The molecule has 2 aliphatic heterocycles. The van der Waals surface area contributed by atoms with E-state index in [1.165, 1.54) is 81.5 Å². The van der Waals surface area contributed by atoms with Gasteiger partial charge >= 0.3 is 0 Å². The number of thiophene rings is 1. The summed E-state index contributed by atoms with van der Waals surface area (Å²) in [5.41, 5.74) is 17.6. The van der Waals surface area contributed by atoms with Gasteiger partial charge in [0.15, 0.2) is 0 Å². The maximum atomic E-state index is 2.63. The summed E-state index contributed by atoms with van der Waals surface area (Å²) in [6.45, 7) is 14.0. The summed E-state index contributed by atoms with van der Waals surface area (Å²) in [7, 11) is 0. The molecule has 4 heterocycles. The molecule has 0 aliphatic carbocycles. The van der Waals surface area contributed by atoms with Crippen molar-refractivity contribution in [1.82, 2.24) is 4.57 Å². The van der Waals surface area contributed by atoms with Crippen molar-refractivity contribution in [2.45, 2.75) is 52.4 Å². The Kier molecular flexibility index (Phi) is 7.35. The second-order valence-corrected chi connectivity index (χ2v) is 18.9. The highest BCUT2D eigenvalue weighted by Crippen LogP contribution is 2.48. The monoisotopic (exact) mass is 753 g/mol. The first-order valence-corrected chi connectivity index (χ1v) is 21.0. The molecule has 3 nitrogen and oxygen atoms in total. The smallest absolute Gasteiger partial charge is 0.252 e. The van der Waals surface area contributed by atoms with E-state index < -0.39 is 0 Å². The molecule has 57 heavy (non-hydrogen) atoms. The summed E-state index contributed by atoms with van der Waals surface area (Å²) in [5.74, 6) is 0. The minimum atomic E-state index is -0.0225. The van der Waals surface area contributed by atoms with E-state index in [2.05, 4.69) is 214 Å². The molecule has 5 heteroatoms. The molecule has 0 atom stereocenters. The van der Waals surface area contributed by atoms with E-state index in [0.29, 0.717) is 0 Å². The molecule has 0 N–H and O–H groups in total. The van der Waals surface area contributed by atoms with Gasteiger partial charge in [0.1, 0.15) is 0 Å². The lowest BCUT2D eigenvalue weighted by atomic mass is 9.33. The zero-order valence-electron chi connectivity index (χ0n) is 33.3. The van der Waals surface area contributed by atoms with Gasteiger partial charge in [-0.1, -0.05) is 139 Å². The van der Waals surface area contributed by atoms with Gasteiger partial charge < -0.3 is 14.4 Å². The van der Waals surface area contributed by atoms with E-state index in [-0.39, 0.29) is 17.5 Å². The van der Waals surface area contributed by atoms with Crippen LogP contribution in [0.1, 0.15) is 52.7 Å². The van der Waals surface area contributed by atoms with Gasteiger partial charge in [0.2, 0.25) is 0 Å². The Hall–Kier alpha value is -6.04. The van der Waals surface area contributed by atoms with Gasteiger partial charge in [-0.15, -0.1) is 11.3 Å². The Morgan fingerprint density at radius 3 is 1.84 bits per heavy atom. The third-order valence-electron chi connectivity index (χ3n) is 12.2. The normalized spacial score (nSPS) is 13.4. The number of fused-ring (bicyclic) bond motifs is 9. The number of para-hydroxylation sites is 3. The Balaban J connectivity index is 1.33. The SMILES string of the molecule is CC(C)(C)c1cccc(N2c3cc(C(C)(C)C)ccc3B3c4c2cc(N(c2ccccc2)c2ccccc2)cc4-n2c4c3cccc4c3sc4ccccc4c32)c1. The lowest BCUT2D eigenvalue weighted by Gasteiger charge is -2.42. The number of benzene rings is 7. The van der Waals surface area contributed by atoms with Crippen molar-refractivity contribution in [1.29, 1.82) is 0 Å². The van der Waals surface area contributed by atoms with Gasteiger partial charge in [0.05, 0.1) is 21.4 Å². The molecule has 0 saturated heterocycles. The van der Waals surface area contributed by atoms with Crippen LogP contribution < -0.4 is 26.2 Å². The largest absolute Gasteiger partial charge is 0.311 e. The molecular formula is C52H44BN3S. The van der Waals surface area contributed by atoms with E-state index in [1.807, 2.05) is 11.3 Å². The Morgan fingerprint density at radius 1 is 0.491 bits per heavy atom. The van der Waals surface area contributed by atoms with Crippen LogP contribution in [0.3, 0.4) is 0 Å². The van der Waals surface area contributed by atoms with Crippen molar-refractivity contribution >= 4 is 99.8 Å². The minimum absolute atomic E-state index is 0.00951. The Labute approximate surface area is 339 Å². The quantitative estimate of drug-likeness (QED) is 0.166. The van der Waals surface area contributed by atoms with Gasteiger partial charge in [-0.2, -0.15) is 0 Å². The van der Waals surface area contributed by atoms with Crippen molar-refractivity contribution in [3.63, 3.8) is 0 Å². The molecule has 0 saturated carbocycles. The maximum absolute atomic E-state index is 2.63. The standard InChI is InChI=1S/C52H44BN3S/c1-51(2,3)33-17-15-22-37(29-33)55-43-30-34(52(4,5)6)27-28-41(43)53-42-25-16-24-40-48(42)56(49-39-23-13-14-26-46(39)57-50(40)49)45-32-38(31-44(55)47(45)53)54(35-18-9-7-10-19-35)36-20-11-8-12-21-36/h7-32H,1-6H3. The lowest BCUT2D eigenvalue weighted by molar-refractivity contribution is 0.590. The molecule has 0 fully saturated rings. The fraction of sp³-hybridized carbons (Fsp3) is 0.154. The van der Waals surface area contributed by atoms with Crippen LogP contribution in [0.25, 0.3) is 36.9 Å². The third-order valence-corrected chi connectivity index (χ3v) is 13.4. The molecule has 0 bridgehead atoms. The molecule has 0 spiro atoms. The molecule has 276 valence electrons. The predicted octanol–water partition coefficient (Wildman–Crippen LogP) is 12.7. The van der Waals surface area contributed by atoms with Gasteiger partial charge in [0, 0.05) is 49.6 Å². The summed E-state index contributed by atoms with van der Waals surface area (Å²) >= 11 is 1.92. The fourth-order valence-corrected chi connectivity index (χ4v) is 10.7. The highest BCUT2D eigenvalue weighted by molar-refractivity contribution is 7.26. The number of hydrogen-bond donors (Lipinski definition) is 0. The molecule has 0 radical (unpaired) electrons. The third kappa shape index (κ3) is 5.11. The van der Waals surface area contributed by atoms with Crippen molar-refractivity contribution in [3.8, 4) is 5.69 Å². The van der Waals surface area contributed by atoms with E-state index in [9.17, 15) is 0 Å². The number of rotatable bonds is 4. The van der Waals surface area contributed by atoms with Crippen LogP contribution in [0.4, 0.5) is 34.1 Å². The van der Waals surface area contributed by atoms with Crippen LogP contribution in [-0.4, -0.2) is 11.3 Å². The second-order valence-electron chi connectivity index (χ2n) is 17.9. The molecule has 7 aromatic carbocycles. The molecule has 0 amide bonds. The summed E-state index contributed by atoms with van der Waals surface area (Å²) in [6.07, 6.45) is 0. The first-order chi connectivity index (χ1) is 27.6.